The number of carbonyl (C=O) groups excluding carboxylic acids is 2. The molecule has 0 unspecified atom stereocenters. The highest BCUT2D eigenvalue weighted by molar-refractivity contribution is 6.31. The van der Waals surface area contributed by atoms with Crippen LogP contribution in [0.2, 0.25) is 5.02 Å². The molecule has 2 aromatic carbocycles. The fourth-order valence-electron chi connectivity index (χ4n) is 3.86. The lowest BCUT2D eigenvalue weighted by molar-refractivity contribution is -0.127. The number of para-hydroxylation sites is 1. The second-order valence-electron chi connectivity index (χ2n) is 8.80. The monoisotopic (exact) mass is 493 g/mol. The minimum Gasteiger partial charge on any atom is -0.464 e. The number of fused-ring (bicyclic) bond motifs is 1. The summed E-state index contributed by atoms with van der Waals surface area (Å²) in [5.74, 6) is 0.727. The topological polar surface area (TPSA) is 93.3 Å². The van der Waals surface area contributed by atoms with Crippen LogP contribution in [-0.4, -0.2) is 33.4 Å². The number of anilines is 1. The Hall–Kier alpha value is -3.65. The number of hydrogen-bond acceptors (Lipinski definition) is 5. The molecule has 0 saturated carbocycles. The lowest BCUT2D eigenvalue weighted by Crippen LogP contribution is -2.45. The fourth-order valence-corrected chi connectivity index (χ4v) is 4.04. The molecule has 1 atom stereocenters. The van der Waals surface area contributed by atoms with Crippen LogP contribution in [0, 0.1) is 12.8 Å². The molecule has 2 amide bonds. The molecule has 2 heterocycles. The summed E-state index contributed by atoms with van der Waals surface area (Å²) >= 11 is 6.28. The predicted molar refractivity (Wildman–Crippen MR) is 135 cm³/mol. The number of aryl methyl sites for hydroxylation is 1. The van der Waals surface area contributed by atoms with E-state index >= 15 is 0 Å². The summed E-state index contributed by atoms with van der Waals surface area (Å²) in [5.41, 5.74) is 1.88. The van der Waals surface area contributed by atoms with Crippen LogP contribution in [0.1, 0.15) is 37.8 Å². The van der Waals surface area contributed by atoms with Crippen molar-refractivity contribution in [2.24, 2.45) is 5.92 Å². The maximum atomic E-state index is 13.8. The van der Waals surface area contributed by atoms with Crippen molar-refractivity contribution in [3.63, 3.8) is 0 Å². The zero-order valence-electron chi connectivity index (χ0n) is 19.9. The third-order valence-corrected chi connectivity index (χ3v) is 5.85. The van der Waals surface area contributed by atoms with E-state index in [1.807, 2.05) is 24.3 Å². The third-order valence-electron chi connectivity index (χ3n) is 5.62. The van der Waals surface area contributed by atoms with Crippen LogP contribution in [0.25, 0.3) is 11.0 Å². The standard InChI is InChI=1S/C26H28ClN5O3/c1-17(2)13-14-28-26(34)25(23-12-11-18(3)35-23)32(20-8-6-7-19(27)15-20)24(33)16-31-22-10-5-4-9-21(22)29-30-31/h4-12,15,17,25H,13-14,16H2,1-3H3,(H,28,34)/t25-/m1/s1. The number of carbonyl (C=O) groups is 2. The quantitative estimate of drug-likeness (QED) is 0.357. The Morgan fingerprint density at radius 1 is 1.11 bits per heavy atom. The van der Waals surface area contributed by atoms with Gasteiger partial charge in [0.15, 0.2) is 6.04 Å². The molecule has 0 fully saturated rings. The first-order valence-electron chi connectivity index (χ1n) is 11.5. The second-order valence-corrected chi connectivity index (χ2v) is 9.24. The molecular formula is C26H28ClN5O3. The van der Waals surface area contributed by atoms with Crippen molar-refractivity contribution in [3.05, 3.63) is 77.2 Å². The average molecular weight is 494 g/mol. The van der Waals surface area contributed by atoms with Crippen molar-refractivity contribution in [1.82, 2.24) is 20.3 Å². The molecule has 0 aliphatic carbocycles. The van der Waals surface area contributed by atoms with E-state index < -0.39 is 6.04 Å². The van der Waals surface area contributed by atoms with Crippen LogP contribution in [0.4, 0.5) is 5.69 Å². The van der Waals surface area contributed by atoms with Gasteiger partial charge >= 0.3 is 0 Å². The van der Waals surface area contributed by atoms with E-state index in [1.54, 1.807) is 43.3 Å². The smallest absolute Gasteiger partial charge is 0.251 e. The van der Waals surface area contributed by atoms with Crippen molar-refractivity contribution < 1.29 is 14.0 Å². The minimum atomic E-state index is -1.03. The molecule has 2 aromatic heterocycles. The van der Waals surface area contributed by atoms with Gasteiger partial charge in [-0.3, -0.25) is 14.5 Å². The molecule has 8 nitrogen and oxygen atoms in total. The number of amides is 2. The molecule has 0 spiro atoms. The van der Waals surface area contributed by atoms with Gasteiger partial charge in [0.05, 0.1) is 5.52 Å². The Kier molecular flexibility index (Phi) is 7.51. The summed E-state index contributed by atoms with van der Waals surface area (Å²) in [6, 6.07) is 16.7. The van der Waals surface area contributed by atoms with Crippen LogP contribution in [-0.2, 0) is 16.1 Å². The van der Waals surface area contributed by atoms with Crippen LogP contribution >= 0.6 is 11.6 Å². The van der Waals surface area contributed by atoms with Crippen molar-refractivity contribution in [1.29, 1.82) is 0 Å². The molecule has 0 aliphatic rings. The lowest BCUT2D eigenvalue weighted by Gasteiger charge is -2.30. The number of nitrogens with zero attached hydrogens (tertiary/aromatic N) is 4. The number of halogens is 1. The van der Waals surface area contributed by atoms with Gasteiger partial charge in [0.1, 0.15) is 23.6 Å². The zero-order valence-corrected chi connectivity index (χ0v) is 20.7. The molecule has 0 radical (unpaired) electrons. The molecule has 182 valence electrons. The molecule has 0 bridgehead atoms. The summed E-state index contributed by atoms with van der Waals surface area (Å²) in [6.45, 7) is 6.33. The fraction of sp³-hybridized carbons (Fsp3) is 0.308. The first-order valence-corrected chi connectivity index (χ1v) is 11.9. The summed E-state index contributed by atoms with van der Waals surface area (Å²) < 4.78 is 7.38. The number of furan rings is 1. The molecule has 0 saturated heterocycles. The van der Waals surface area contributed by atoms with Gasteiger partial charge in [-0.15, -0.1) is 5.10 Å². The molecule has 1 N–H and O–H groups in total. The molecule has 4 rings (SSSR count). The summed E-state index contributed by atoms with van der Waals surface area (Å²) in [5, 5.41) is 11.7. The molecule has 0 aliphatic heterocycles. The Morgan fingerprint density at radius 3 is 2.63 bits per heavy atom. The highest BCUT2D eigenvalue weighted by Gasteiger charge is 2.35. The number of nitrogens with one attached hydrogen (secondary N) is 1. The van der Waals surface area contributed by atoms with E-state index in [0.29, 0.717) is 40.2 Å². The Morgan fingerprint density at radius 2 is 1.91 bits per heavy atom. The molecule has 35 heavy (non-hydrogen) atoms. The SMILES string of the molecule is Cc1ccc([C@H](C(=O)NCCC(C)C)N(C(=O)Cn2nnc3ccccc32)c2cccc(Cl)c2)o1. The van der Waals surface area contributed by atoms with E-state index in [2.05, 4.69) is 29.5 Å². The molecule has 4 aromatic rings. The Bertz CT molecular complexity index is 1330. The van der Waals surface area contributed by atoms with E-state index in [4.69, 9.17) is 16.0 Å². The summed E-state index contributed by atoms with van der Waals surface area (Å²) in [4.78, 5) is 28.8. The van der Waals surface area contributed by atoms with Crippen molar-refractivity contribution in [2.45, 2.75) is 39.8 Å². The highest BCUT2D eigenvalue weighted by atomic mass is 35.5. The van der Waals surface area contributed by atoms with Gasteiger partial charge in [0.25, 0.3) is 5.91 Å². The van der Waals surface area contributed by atoms with Crippen molar-refractivity contribution >= 4 is 40.1 Å². The van der Waals surface area contributed by atoms with Crippen molar-refractivity contribution in [2.75, 3.05) is 11.4 Å². The normalized spacial score (nSPS) is 12.1. The maximum Gasteiger partial charge on any atom is 0.251 e. The zero-order chi connectivity index (χ0) is 24.9. The molecule has 9 heteroatoms. The van der Waals surface area contributed by atoms with Crippen LogP contribution in [0.15, 0.2) is 65.1 Å². The van der Waals surface area contributed by atoms with E-state index in [9.17, 15) is 9.59 Å². The average Bonchev–Trinajstić information content (AvgIpc) is 3.43. The second kappa shape index (κ2) is 10.7. The molecular weight excluding hydrogens is 466 g/mol. The van der Waals surface area contributed by atoms with Gasteiger partial charge < -0.3 is 9.73 Å². The Balaban J connectivity index is 1.74. The largest absolute Gasteiger partial charge is 0.464 e. The van der Waals surface area contributed by atoms with Gasteiger partial charge in [-0.05, 0) is 61.7 Å². The minimum absolute atomic E-state index is 0.123. The van der Waals surface area contributed by atoms with Crippen molar-refractivity contribution in [3.8, 4) is 0 Å². The third kappa shape index (κ3) is 5.71. The van der Waals surface area contributed by atoms with E-state index in [0.717, 1.165) is 11.9 Å². The first-order chi connectivity index (χ1) is 16.8. The van der Waals surface area contributed by atoms with Crippen LogP contribution in [0.5, 0.6) is 0 Å². The Labute approximate surface area is 208 Å². The summed E-state index contributed by atoms with van der Waals surface area (Å²) in [6.07, 6.45) is 0.811. The van der Waals surface area contributed by atoms with E-state index in [1.165, 1.54) is 9.58 Å². The van der Waals surface area contributed by atoms with Gasteiger partial charge in [0.2, 0.25) is 5.91 Å². The predicted octanol–water partition coefficient (Wildman–Crippen LogP) is 4.92. The first kappa shape index (κ1) is 24.5. The van der Waals surface area contributed by atoms with Crippen LogP contribution < -0.4 is 10.2 Å². The van der Waals surface area contributed by atoms with Gasteiger partial charge in [0, 0.05) is 17.3 Å². The van der Waals surface area contributed by atoms with Gasteiger partial charge in [-0.25, -0.2) is 4.68 Å². The van der Waals surface area contributed by atoms with Gasteiger partial charge in [-0.1, -0.05) is 48.9 Å². The highest BCUT2D eigenvalue weighted by Crippen LogP contribution is 2.31. The number of hydrogen-bond donors (Lipinski definition) is 1. The van der Waals surface area contributed by atoms with Gasteiger partial charge in [-0.2, -0.15) is 0 Å². The van der Waals surface area contributed by atoms with Crippen LogP contribution in [0.3, 0.4) is 0 Å². The lowest BCUT2D eigenvalue weighted by atomic mass is 10.1. The van der Waals surface area contributed by atoms with E-state index in [-0.39, 0.29) is 18.4 Å². The summed E-state index contributed by atoms with van der Waals surface area (Å²) in [7, 11) is 0. The number of aromatic nitrogens is 3. The number of benzene rings is 2. The maximum absolute atomic E-state index is 13.8. The number of rotatable bonds is 9.